The lowest BCUT2D eigenvalue weighted by atomic mass is 10.0. The summed E-state index contributed by atoms with van der Waals surface area (Å²) in [4.78, 5) is 14.8. The van der Waals surface area contributed by atoms with Crippen LogP contribution in [-0.2, 0) is 19.3 Å². The van der Waals surface area contributed by atoms with E-state index in [0.29, 0.717) is 65.7 Å². The molecule has 44 heavy (non-hydrogen) atoms. The number of benzene rings is 3. The van der Waals surface area contributed by atoms with Crippen LogP contribution in [0.5, 0.6) is 17.2 Å². The molecule has 2 aliphatic rings. The summed E-state index contributed by atoms with van der Waals surface area (Å²) in [5, 5.41) is 19.1. The van der Waals surface area contributed by atoms with Gasteiger partial charge in [0.15, 0.2) is 17.7 Å². The van der Waals surface area contributed by atoms with E-state index in [4.69, 9.17) is 14.2 Å². The number of halogens is 4. The third-order valence-corrected chi connectivity index (χ3v) is 7.33. The van der Waals surface area contributed by atoms with Gasteiger partial charge >= 0.3 is 6.18 Å². The van der Waals surface area contributed by atoms with Crippen molar-refractivity contribution in [2.24, 2.45) is 5.10 Å². The number of hydrogen-bond acceptors (Lipinski definition) is 8. The first-order chi connectivity index (χ1) is 21.0. The molecule has 0 aromatic heterocycles. The molecule has 2 heterocycles. The van der Waals surface area contributed by atoms with Gasteiger partial charge in [-0.2, -0.15) is 18.3 Å². The lowest BCUT2D eigenvalue weighted by Gasteiger charge is -2.27. The van der Waals surface area contributed by atoms with E-state index in [1.165, 1.54) is 21.3 Å². The number of aliphatic hydroxyl groups excluding tert-OH is 1. The summed E-state index contributed by atoms with van der Waals surface area (Å²) in [5.74, 6) is -0.242. The molecule has 0 bridgehead atoms. The van der Waals surface area contributed by atoms with Crippen LogP contribution < -0.4 is 24.5 Å². The minimum atomic E-state index is -4.88. The Morgan fingerprint density at radius 3 is 2.30 bits per heavy atom. The number of alkyl halides is 3. The number of ether oxygens (including phenoxy) is 3. The van der Waals surface area contributed by atoms with Gasteiger partial charge in [0.25, 0.3) is 5.91 Å². The molecule has 3 aromatic rings. The second kappa shape index (κ2) is 12.4. The molecule has 1 amide bonds. The second-order valence-electron chi connectivity index (χ2n) is 10.1. The molecule has 0 aliphatic carbocycles. The number of nitrogens with zero attached hydrogens (tertiary/aromatic N) is 3. The van der Waals surface area contributed by atoms with E-state index in [1.54, 1.807) is 30.5 Å². The highest BCUT2D eigenvalue weighted by molar-refractivity contribution is 6.04. The highest BCUT2D eigenvalue weighted by atomic mass is 19.4. The Bertz CT molecular complexity index is 1580. The van der Waals surface area contributed by atoms with Gasteiger partial charge < -0.3 is 29.5 Å². The minimum absolute atomic E-state index is 0.0697. The first-order valence-electron chi connectivity index (χ1n) is 13.6. The molecular formula is C31H30F4N4O5. The molecule has 232 valence electrons. The van der Waals surface area contributed by atoms with Gasteiger partial charge in [-0.1, -0.05) is 12.1 Å². The lowest BCUT2D eigenvalue weighted by Crippen LogP contribution is -2.32. The number of carbonyl (C=O) groups excluding carboxylic acids is 1. The molecule has 0 spiro atoms. The summed E-state index contributed by atoms with van der Waals surface area (Å²) in [6.45, 7) is 1.25. The Morgan fingerprint density at radius 1 is 1.00 bits per heavy atom. The van der Waals surface area contributed by atoms with Crippen molar-refractivity contribution >= 4 is 17.3 Å². The smallest absolute Gasteiger partial charge is 0.419 e. The molecule has 2 aliphatic heterocycles. The molecule has 5 rings (SSSR count). The van der Waals surface area contributed by atoms with Crippen LogP contribution in [0, 0.1) is 5.82 Å². The summed E-state index contributed by atoms with van der Waals surface area (Å²) < 4.78 is 69.5. The van der Waals surface area contributed by atoms with Gasteiger partial charge in [0.1, 0.15) is 5.82 Å². The van der Waals surface area contributed by atoms with Gasteiger partial charge in [-0.25, -0.2) is 9.40 Å². The first-order valence-corrected chi connectivity index (χ1v) is 13.6. The van der Waals surface area contributed by atoms with Crippen molar-refractivity contribution in [2.75, 3.05) is 32.9 Å². The van der Waals surface area contributed by atoms with Crippen LogP contribution >= 0.6 is 0 Å². The van der Waals surface area contributed by atoms with Crippen LogP contribution in [-0.4, -0.2) is 55.7 Å². The third kappa shape index (κ3) is 6.27. The molecule has 0 fully saturated rings. The number of hydrazone groups is 1. The monoisotopic (exact) mass is 614 g/mol. The molecule has 1 atom stereocenters. The van der Waals surface area contributed by atoms with E-state index in [-0.39, 0.29) is 18.1 Å². The average Bonchev–Trinajstić information content (AvgIpc) is 3.34. The topological polar surface area (TPSA) is 95.9 Å². The van der Waals surface area contributed by atoms with Gasteiger partial charge in [0, 0.05) is 43.4 Å². The average molecular weight is 615 g/mol. The Morgan fingerprint density at radius 2 is 1.68 bits per heavy atom. The van der Waals surface area contributed by atoms with Gasteiger partial charge in [0.05, 0.1) is 38.3 Å². The summed E-state index contributed by atoms with van der Waals surface area (Å²) >= 11 is 0. The Labute approximate surface area is 250 Å². The highest BCUT2D eigenvalue weighted by Gasteiger charge is 2.38. The lowest BCUT2D eigenvalue weighted by molar-refractivity contribution is -0.139. The van der Waals surface area contributed by atoms with E-state index < -0.39 is 23.8 Å². The van der Waals surface area contributed by atoms with Crippen molar-refractivity contribution < 1.29 is 41.7 Å². The van der Waals surface area contributed by atoms with Crippen molar-refractivity contribution in [1.29, 1.82) is 0 Å². The zero-order chi connectivity index (χ0) is 31.6. The summed E-state index contributed by atoms with van der Waals surface area (Å²) in [6, 6.07) is 13.1. The zero-order valence-corrected chi connectivity index (χ0v) is 24.1. The quantitative estimate of drug-likeness (QED) is 0.325. The SMILES string of the molecule is COc1cc(CNC(=O)c2ccc(CN3C=C4C(=NN(c5ccc(F)c(C(F)(F)F)c5)C4O)CC3)cc2)cc(OC)c1OC. The number of fused-ring (bicyclic) bond motifs is 1. The van der Waals surface area contributed by atoms with Crippen molar-refractivity contribution in [2.45, 2.75) is 31.9 Å². The van der Waals surface area contributed by atoms with Crippen molar-refractivity contribution in [3.63, 3.8) is 0 Å². The van der Waals surface area contributed by atoms with E-state index in [2.05, 4.69) is 10.4 Å². The molecule has 1 unspecified atom stereocenters. The van der Waals surface area contributed by atoms with Crippen molar-refractivity contribution in [1.82, 2.24) is 10.2 Å². The van der Waals surface area contributed by atoms with Crippen LogP contribution in [0.3, 0.4) is 0 Å². The maximum absolute atomic E-state index is 13.8. The fourth-order valence-electron chi connectivity index (χ4n) is 5.08. The van der Waals surface area contributed by atoms with E-state index in [9.17, 15) is 27.5 Å². The Hall–Kier alpha value is -4.78. The van der Waals surface area contributed by atoms with Gasteiger partial charge in [0.2, 0.25) is 5.75 Å². The van der Waals surface area contributed by atoms with Crippen LogP contribution in [0.2, 0.25) is 0 Å². The second-order valence-corrected chi connectivity index (χ2v) is 10.1. The number of carbonyl (C=O) groups is 1. The van der Waals surface area contributed by atoms with Crippen LogP contribution in [0.15, 0.2) is 71.5 Å². The van der Waals surface area contributed by atoms with Crippen LogP contribution in [0.1, 0.15) is 33.5 Å². The molecule has 9 nitrogen and oxygen atoms in total. The largest absolute Gasteiger partial charge is 0.493 e. The number of aliphatic hydroxyl groups is 1. The number of amides is 1. The fourth-order valence-corrected chi connectivity index (χ4v) is 5.08. The number of anilines is 1. The molecule has 0 saturated carbocycles. The molecular weight excluding hydrogens is 584 g/mol. The van der Waals surface area contributed by atoms with Gasteiger partial charge in [-0.3, -0.25) is 4.79 Å². The third-order valence-electron chi connectivity index (χ3n) is 7.33. The normalized spacial score (nSPS) is 16.2. The minimum Gasteiger partial charge on any atom is -0.493 e. The van der Waals surface area contributed by atoms with E-state index in [1.807, 2.05) is 17.0 Å². The Balaban J connectivity index is 1.22. The number of methoxy groups -OCH3 is 3. The predicted molar refractivity (Wildman–Crippen MR) is 154 cm³/mol. The number of hydrogen-bond donors (Lipinski definition) is 2. The summed E-state index contributed by atoms with van der Waals surface area (Å²) in [7, 11) is 4.55. The molecule has 0 saturated heterocycles. The zero-order valence-electron chi connectivity index (χ0n) is 24.1. The molecule has 3 aromatic carbocycles. The summed E-state index contributed by atoms with van der Waals surface area (Å²) in [5.41, 5.74) is 1.64. The maximum Gasteiger partial charge on any atom is 0.419 e. The standard InChI is InChI=1S/C31H30F4N4O5/c1-42-26-12-19(13-27(43-2)28(26)44-3)15-36-29(40)20-6-4-18(5-7-20)16-38-11-10-25-22(17-38)30(41)39(37-25)21-8-9-24(32)23(14-21)31(33,34)35/h4-9,12-14,17,30,41H,10-11,15-16H2,1-3H3,(H,36,40). The Kier molecular flexibility index (Phi) is 8.68. The van der Waals surface area contributed by atoms with Gasteiger partial charge in [-0.05, 0) is 53.6 Å². The molecule has 0 radical (unpaired) electrons. The first kappa shape index (κ1) is 30.7. The molecule has 13 heteroatoms. The van der Waals surface area contributed by atoms with E-state index >= 15 is 0 Å². The maximum atomic E-state index is 13.8. The van der Waals surface area contributed by atoms with Gasteiger partial charge in [-0.15, -0.1) is 0 Å². The van der Waals surface area contributed by atoms with Crippen LogP contribution in [0.25, 0.3) is 0 Å². The fraction of sp³-hybridized carbons (Fsp3) is 0.290. The summed E-state index contributed by atoms with van der Waals surface area (Å²) in [6.07, 6.45) is -4.03. The van der Waals surface area contributed by atoms with Crippen LogP contribution in [0.4, 0.5) is 23.2 Å². The highest BCUT2D eigenvalue weighted by Crippen LogP contribution is 2.39. The van der Waals surface area contributed by atoms with Crippen molar-refractivity contribution in [3.05, 3.63) is 94.4 Å². The number of nitrogens with one attached hydrogen (secondary N) is 1. The predicted octanol–water partition coefficient (Wildman–Crippen LogP) is 5.08. The molecule has 2 N–H and O–H groups in total. The number of rotatable bonds is 9. The van der Waals surface area contributed by atoms with E-state index in [0.717, 1.165) is 22.2 Å². The van der Waals surface area contributed by atoms with Crippen molar-refractivity contribution in [3.8, 4) is 17.2 Å².